The van der Waals surface area contributed by atoms with Crippen LogP contribution in [0.1, 0.15) is 18.4 Å². The fraction of sp³-hybridized carbons (Fsp3) is 0.458. The van der Waals surface area contributed by atoms with E-state index >= 15 is 0 Å². The Labute approximate surface area is 193 Å². The largest absolute Gasteiger partial charge is 0.494 e. The number of likely N-dealkylation sites (tertiary alicyclic amines) is 1. The van der Waals surface area contributed by atoms with E-state index in [2.05, 4.69) is 21.2 Å². The normalized spacial score (nSPS) is 18.0. The van der Waals surface area contributed by atoms with Crippen LogP contribution in [-0.4, -0.2) is 68.3 Å². The van der Waals surface area contributed by atoms with E-state index in [9.17, 15) is 9.18 Å². The van der Waals surface area contributed by atoms with Gasteiger partial charge < -0.3 is 19.9 Å². The Kier molecular flexibility index (Phi) is 7.37. The van der Waals surface area contributed by atoms with Gasteiger partial charge in [0.25, 0.3) is 0 Å². The van der Waals surface area contributed by atoms with Gasteiger partial charge in [0.15, 0.2) is 11.6 Å². The van der Waals surface area contributed by atoms with Crippen molar-refractivity contribution in [1.29, 1.82) is 0 Å². The van der Waals surface area contributed by atoms with Crippen LogP contribution in [0.15, 0.2) is 42.5 Å². The van der Waals surface area contributed by atoms with Gasteiger partial charge in [0.05, 0.1) is 7.11 Å². The molecular formula is C24H30ClFN4O2. The van der Waals surface area contributed by atoms with Crippen LogP contribution in [0.25, 0.3) is 0 Å². The van der Waals surface area contributed by atoms with Crippen LogP contribution >= 0.6 is 11.6 Å². The number of carbonyl (C=O) groups is 1. The Morgan fingerprint density at radius 2 is 1.84 bits per heavy atom. The Balaban J connectivity index is 1.20. The summed E-state index contributed by atoms with van der Waals surface area (Å²) in [5.41, 5.74) is 2.03. The molecule has 0 aromatic heterocycles. The summed E-state index contributed by atoms with van der Waals surface area (Å²) in [6.07, 6.45) is 1.79. The first-order chi connectivity index (χ1) is 15.5. The Bertz CT molecular complexity index is 928. The number of rotatable bonds is 5. The molecule has 2 aliphatic heterocycles. The van der Waals surface area contributed by atoms with Crippen molar-refractivity contribution >= 4 is 23.3 Å². The highest BCUT2D eigenvalue weighted by molar-refractivity contribution is 6.30. The fourth-order valence-corrected chi connectivity index (χ4v) is 4.59. The van der Waals surface area contributed by atoms with E-state index in [1.54, 1.807) is 6.07 Å². The standard InChI is InChI=1S/C24H30ClFN4O2/c1-32-23-6-5-18(15-22(23)26)17-28-9-7-20(8-10-28)27-24(31)30-13-11-29(12-14-30)21-4-2-3-19(25)16-21/h2-6,15-16,20H,7-14,17H2,1H3,(H,27,31). The number of carbonyl (C=O) groups excluding carboxylic acids is 1. The zero-order chi connectivity index (χ0) is 22.5. The predicted octanol–water partition coefficient (Wildman–Crippen LogP) is 3.98. The molecule has 0 saturated carbocycles. The molecule has 4 rings (SSSR count). The second-order valence-corrected chi connectivity index (χ2v) is 8.86. The maximum absolute atomic E-state index is 13.9. The number of anilines is 1. The van der Waals surface area contributed by atoms with Gasteiger partial charge in [-0.2, -0.15) is 0 Å². The summed E-state index contributed by atoms with van der Waals surface area (Å²) in [7, 11) is 1.47. The van der Waals surface area contributed by atoms with Crippen molar-refractivity contribution in [2.24, 2.45) is 0 Å². The molecule has 6 nitrogen and oxygen atoms in total. The molecule has 0 spiro atoms. The van der Waals surface area contributed by atoms with Crippen LogP contribution in [0.3, 0.4) is 0 Å². The zero-order valence-corrected chi connectivity index (χ0v) is 19.2. The maximum atomic E-state index is 13.9. The number of piperidine rings is 1. The summed E-state index contributed by atoms with van der Waals surface area (Å²) in [4.78, 5) is 19.2. The maximum Gasteiger partial charge on any atom is 0.317 e. The van der Waals surface area contributed by atoms with Gasteiger partial charge in [-0.15, -0.1) is 0 Å². The van der Waals surface area contributed by atoms with Crippen LogP contribution in [0, 0.1) is 5.82 Å². The SMILES string of the molecule is COc1ccc(CN2CCC(NC(=O)N3CCN(c4cccc(Cl)c4)CC3)CC2)cc1F. The quantitative estimate of drug-likeness (QED) is 0.733. The molecule has 0 atom stereocenters. The van der Waals surface area contributed by atoms with Crippen molar-refractivity contribution in [3.05, 3.63) is 58.9 Å². The average molecular weight is 461 g/mol. The van der Waals surface area contributed by atoms with Crippen molar-refractivity contribution < 1.29 is 13.9 Å². The lowest BCUT2D eigenvalue weighted by molar-refractivity contribution is 0.167. The van der Waals surface area contributed by atoms with E-state index < -0.39 is 0 Å². The third kappa shape index (κ3) is 5.64. The van der Waals surface area contributed by atoms with Crippen LogP contribution in [0.4, 0.5) is 14.9 Å². The first kappa shape index (κ1) is 22.7. The molecule has 172 valence electrons. The van der Waals surface area contributed by atoms with Crippen molar-refractivity contribution in [3.63, 3.8) is 0 Å². The molecule has 2 aromatic carbocycles. The number of methoxy groups -OCH3 is 1. The summed E-state index contributed by atoms with van der Waals surface area (Å²) in [6.45, 7) is 5.44. The number of ether oxygens (including phenoxy) is 1. The second kappa shape index (κ2) is 10.4. The minimum atomic E-state index is -0.331. The molecule has 8 heteroatoms. The second-order valence-electron chi connectivity index (χ2n) is 8.42. The Morgan fingerprint density at radius 1 is 1.09 bits per heavy atom. The van der Waals surface area contributed by atoms with Gasteiger partial charge in [0, 0.05) is 62.6 Å². The first-order valence-corrected chi connectivity index (χ1v) is 11.5. The van der Waals surface area contributed by atoms with E-state index in [1.165, 1.54) is 13.2 Å². The highest BCUT2D eigenvalue weighted by Gasteiger charge is 2.25. The van der Waals surface area contributed by atoms with Gasteiger partial charge >= 0.3 is 6.03 Å². The number of hydrogen-bond donors (Lipinski definition) is 1. The van der Waals surface area contributed by atoms with Gasteiger partial charge in [-0.1, -0.05) is 23.7 Å². The topological polar surface area (TPSA) is 48.1 Å². The summed E-state index contributed by atoms with van der Waals surface area (Å²) in [6, 6.07) is 13.1. The molecule has 1 N–H and O–H groups in total. The molecule has 2 aliphatic rings. The van der Waals surface area contributed by atoms with Gasteiger partial charge in [0.1, 0.15) is 0 Å². The number of nitrogens with zero attached hydrogens (tertiary/aromatic N) is 3. The number of benzene rings is 2. The third-order valence-electron chi connectivity index (χ3n) is 6.28. The smallest absolute Gasteiger partial charge is 0.317 e. The predicted molar refractivity (Wildman–Crippen MR) is 125 cm³/mol. The van der Waals surface area contributed by atoms with Crippen molar-refractivity contribution in [2.75, 3.05) is 51.3 Å². The van der Waals surface area contributed by atoms with E-state index in [0.717, 1.165) is 55.3 Å². The average Bonchev–Trinajstić information content (AvgIpc) is 2.80. The summed E-state index contributed by atoms with van der Waals surface area (Å²) >= 11 is 6.10. The number of piperazine rings is 1. The summed E-state index contributed by atoms with van der Waals surface area (Å²) in [5.74, 6) is -0.0637. The number of nitrogens with one attached hydrogen (secondary N) is 1. The first-order valence-electron chi connectivity index (χ1n) is 11.1. The summed E-state index contributed by atoms with van der Waals surface area (Å²) in [5, 5.41) is 3.93. The monoisotopic (exact) mass is 460 g/mol. The highest BCUT2D eigenvalue weighted by atomic mass is 35.5. The van der Waals surface area contributed by atoms with Gasteiger partial charge in [-0.3, -0.25) is 4.90 Å². The van der Waals surface area contributed by atoms with E-state index in [-0.39, 0.29) is 23.6 Å². The lowest BCUT2D eigenvalue weighted by atomic mass is 10.0. The lowest BCUT2D eigenvalue weighted by Gasteiger charge is -2.38. The third-order valence-corrected chi connectivity index (χ3v) is 6.51. The fourth-order valence-electron chi connectivity index (χ4n) is 4.41. The summed E-state index contributed by atoms with van der Waals surface area (Å²) < 4.78 is 18.9. The van der Waals surface area contributed by atoms with Crippen molar-refractivity contribution in [2.45, 2.75) is 25.4 Å². The van der Waals surface area contributed by atoms with Gasteiger partial charge in [0.2, 0.25) is 0 Å². The molecule has 2 fully saturated rings. The van der Waals surface area contributed by atoms with Crippen LogP contribution in [0.2, 0.25) is 5.02 Å². The Hall–Kier alpha value is -2.51. The molecule has 2 heterocycles. The number of halogens is 2. The lowest BCUT2D eigenvalue weighted by Crippen LogP contribution is -2.54. The minimum Gasteiger partial charge on any atom is -0.494 e. The minimum absolute atomic E-state index is 0.0198. The number of urea groups is 1. The number of hydrogen-bond acceptors (Lipinski definition) is 4. The highest BCUT2D eigenvalue weighted by Crippen LogP contribution is 2.22. The van der Waals surface area contributed by atoms with E-state index in [4.69, 9.17) is 16.3 Å². The van der Waals surface area contributed by atoms with E-state index in [0.29, 0.717) is 19.6 Å². The van der Waals surface area contributed by atoms with Gasteiger partial charge in [-0.05, 0) is 48.7 Å². The van der Waals surface area contributed by atoms with Crippen LogP contribution in [-0.2, 0) is 6.54 Å². The molecule has 2 saturated heterocycles. The van der Waals surface area contributed by atoms with Crippen molar-refractivity contribution in [3.8, 4) is 5.75 Å². The molecule has 32 heavy (non-hydrogen) atoms. The van der Waals surface area contributed by atoms with Crippen LogP contribution in [0.5, 0.6) is 5.75 Å². The van der Waals surface area contributed by atoms with Gasteiger partial charge in [-0.25, -0.2) is 9.18 Å². The van der Waals surface area contributed by atoms with E-state index in [1.807, 2.05) is 29.2 Å². The Morgan fingerprint density at radius 3 is 2.50 bits per heavy atom. The van der Waals surface area contributed by atoms with Crippen LogP contribution < -0.4 is 15.0 Å². The molecule has 2 amide bonds. The number of amides is 2. The molecule has 0 radical (unpaired) electrons. The van der Waals surface area contributed by atoms with Crippen molar-refractivity contribution in [1.82, 2.24) is 15.1 Å². The molecular weight excluding hydrogens is 431 g/mol. The zero-order valence-electron chi connectivity index (χ0n) is 18.4. The molecule has 0 aliphatic carbocycles. The molecule has 0 unspecified atom stereocenters. The molecule has 2 aromatic rings. The molecule has 0 bridgehead atoms.